The van der Waals surface area contributed by atoms with Crippen LogP contribution in [0.2, 0.25) is 10.0 Å². The molecule has 0 heterocycles. The topological polar surface area (TPSA) is 117 Å². The summed E-state index contributed by atoms with van der Waals surface area (Å²) in [5.41, 5.74) is -0.424. The fourth-order valence-electron chi connectivity index (χ4n) is 2.15. The number of methoxy groups -OCH3 is 1. The lowest BCUT2D eigenvalue weighted by atomic mass is 10.2. The number of ether oxygens (including phenoxy) is 3. The van der Waals surface area contributed by atoms with E-state index in [1.165, 1.54) is 50.4 Å². The second kappa shape index (κ2) is 9.94. The van der Waals surface area contributed by atoms with Gasteiger partial charge in [-0.15, -0.1) is 0 Å². The quantitative estimate of drug-likeness (QED) is 0.374. The monoisotopic (exact) mass is 442 g/mol. The Bertz CT molecular complexity index is 936. The molecule has 0 radical (unpaired) electrons. The van der Waals surface area contributed by atoms with E-state index in [9.17, 15) is 19.7 Å². The number of nitrogens with one attached hydrogen (secondary N) is 1. The van der Waals surface area contributed by atoms with Crippen LogP contribution in [0.1, 0.15) is 6.92 Å². The normalized spacial score (nSPS) is 11.3. The van der Waals surface area contributed by atoms with E-state index in [2.05, 4.69) is 5.32 Å². The molecule has 0 aromatic heterocycles. The zero-order valence-electron chi connectivity index (χ0n) is 15.3. The molecule has 0 bridgehead atoms. The predicted octanol–water partition coefficient (Wildman–Crippen LogP) is 3.86. The van der Waals surface area contributed by atoms with Crippen molar-refractivity contribution in [3.8, 4) is 11.5 Å². The number of amides is 1. The van der Waals surface area contributed by atoms with Gasteiger partial charge in [0.2, 0.25) is 0 Å². The first kappa shape index (κ1) is 22.3. The minimum Gasteiger partial charge on any atom is -0.497 e. The molecule has 0 unspecified atom stereocenters. The van der Waals surface area contributed by atoms with Crippen LogP contribution in [0.25, 0.3) is 0 Å². The minimum atomic E-state index is -1.06. The number of esters is 1. The Kier molecular flexibility index (Phi) is 7.63. The Hall–Kier alpha value is -3.04. The van der Waals surface area contributed by atoms with E-state index in [0.29, 0.717) is 10.8 Å². The molecule has 1 amide bonds. The molecular weight excluding hydrogens is 427 g/mol. The van der Waals surface area contributed by atoms with Gasteiger partial charge in [-0.05, 0) is 31.2 Å². The predicted molar refractivity (Wildman–Crippen MR) is 106 cm³/mol. The summed E-state index contributed by atoms with van der Waals surface area (Å²) in [5.74, 6) is -1.07. The maximum Gasteiger partial charge on any atom is 0.347 e. The van der Waals surface area contributed by atoms with E-state index in [4.69, 9.17) is 37.4 Å². The van der Waals surface area contributed by atoms with E-state index in [1.54, 1.807) is 0 Å². The standard InChI is InChI=1S/C18H16Cl2N2O7/c1-10(29-16-6-3-11(19)7-13(16)20)18(24)28-9-17(23)21-14-8-12(27-2)4-5-15(14)22(25)26/h3-8,10H,9H2,1-2H3,(H,21,23)/t10-/m1/s1. The first-order chi connectivity index (χ1) is 13.7. The van der Waals surface area contributed by atoms with Gasteiger partial charge in [-0.25, -0.2) is 4.79 Å². The molecule has 0 saturated heterocycles. The van der Waals surface area contributed by atoms with Crippen molar-refractivity contribution in [2.75, 3.05) is 19.0 Å². The van der Waals surface area contributed by atoms with Crippen LogP contribution in [0, 0.1) is 10.1 Å². The van der Waals surface area contributed by atoms with E-state index < -0.39 is 29.5 Å². The summed E-state index contributed by atoms with van der Waals surface area (Å²) in [4.78, 5) is 34.5. The molecule has 0 aliphatic rings. The third-order valence-electron chi connectivity index (χ3n) is 3.55. The highest BCUT2D eigenvalue weighted by Crippen LogP contribution is 2.29. The second-order valence-electron chi connectivity index (χ2n) is 5.63. The number of halogens is 2. The molecule has 2 rings (SSSR count). The van der Waals surface area contributed by atoms with Crippen LogP contribution in [-0.4, -0.2) is 36.6 Å². The number of benzene rings is 2. The zero-order chi connectivity index (χ0) is 21.6. The highest BCUT2D eigenvalue weighted by atomic mass is 35.5. The number of carbonyl (C=O) groups excluding carboxylic acids is 2. The Labute approximate surface area is 175 Å². The number of nitrogens with zero attached hydrogens (tertiary/aromatic N) is 1. The van der Waals surface area contributed by atoms with Crippen LogP contribution >= 0.6 is 23.2 Å². The Morgan fingerprint density at radius 3 is 2.55 bits per heavy atom. The first-order valence-corrected chi connectivity index (χ1v) is 8.87. The third-order valence-corrected chi connectivity index (χ3v) is 4.08. The van der Waals surface area contributed by atoms with Crippen LogP contribution in [-0.2, 0) is 14.3 Å². The fourth-order valence-corrected chi connectivity index (χ4v) is 2.60. The van der Waals surface area contributed by atoms with Crippen LogP contribution in [0.3, 0.4) is 0 Å². The first-order valence-electron chi connectivity index (χ1n) is 8.12. The van der Waals surface area contributed by atoms with E-state index in [1.807, 2.05) is 0 Å². The van der Waals surface area contributed by atoms with Gasteiger partial charge in [-0.2, -0.15) is 0 Å². The third kappa shape index (κ3) is 6.23. The van der Waals surface area contributed by atoms with Gasteiger partial charge in [0.05, 0.1) is 17.1 Å². The molecule has 0 fully saturated rings. The number of hydrogen-bond acceptors (Lipinski definition) is 7. The fraction of sp³-hybridized carbons (Fsp3) is 0.222. The second-order valence-corrected chi connectivity index (χ2v) is 6.47. The van der Waals surface area contributed by atoms with Crippen molar-refractivity contribution in [3.05, 3.63) is 56.6 Å². The molecule has 0 aliphatic heterocycles. The molecule has 1 N–H and O–H groups in total. The lowest BCUT2D eigenvalue weighted by Crippen LogP contribution is -2.30. The van der Waals surface area contributed by atoms with E-state index in [-0.39, 0.29) is 22.1 Å². The van der Waals surface area contributed by atoms with Crippen molar-refractivity contribution < 1.29 is 28.7 Å². The molecule has 0 aliphatic carbocycles. The maximum absolute atomic E-state index is 12.0. The molecule has 1 atom stereocenters. The van der Waals surface area contributed by atoms with Gasteiger partial charge in [-0.1, -0.05) is 23.2 Å². The molecule has 0 spiro atoms. The highest BCUT2D eigenvalue weighted by Gasteiger charge is 2.21. The summed E-state index contributed by atoms with van der Waals surface area (Å²) >= 11 is 11.8. The highest BCUT2D eigenvalue weighted by molar-refractivity contribution is 6.35. The molecule has 9 nitrogen and oxygen atoms in total. The van der Waals surface area contributed by atoms with Gasteiger partial charge in [0.25, 0.3) is 11.6 Å². The van der Waals surface area contributed by atoms with Crippen LogP contribution in [0.4, 0.5) is 11.4 Å². The maximum atomic E-state index is 12.0. The number of anilines is 1. The van der Waals surface area contributed by atoms with Crippen molar-refractivity contribution in [2.24, 2.45) is 0 Å². The number of nitro groups is 1. The van der Waals surface area contributed by atoms with Gasteiger partial charge < -0.3 is 19.5 Å². The van der Waals surface area contributed by atoms with Crippen molar-refractivity contribution in [1.29, 1.82) is 0 Å². The SMILES string of the molecule is COc1ccc([N+](=O)[O-])c(NC(=O)COC(=O)[C@@H](C)Oc2ccc(Cl)cc2Cl)c1. The summed E-state index contributed by atoms with van der Waals surface area (Å²) < 4.78 is 15.3. The summed E-state index contributed by atoms with van der Waals surface area (Å²) in [6.07, 6.45) is -1.06. The lowest BCUT2D eigenvalue weighted by molar-refractivity contribution is -0.383. The average molecular weight is 443 g/mol. The average Bonchev–Trinajstić information content (AvgIpc) is 2.67. The van der Waals surface area contributed by atoms with Crippen LogP contribution < -0.4 is 14.8 Å². The van der Waals surface area contributed by atoms with Gasteiger partial charge in [0.15, 0.2) is 12.7 Å². The summed E-state index contributed by atoms with van der Waals surface area (Å²) in [7, 11) is 1.38. The van der Waals surface area contributed by atoms with Gasteiger partial charge in [-0.3, -0.25) is 14.9 Å². The Morgan fingerprint density at radius 2 is 1.93 bits per heavy atom. The van der Waals surface area contributed by atoms with Gasteiger partial charge >= 0.3 is 5.97 Å². The minimum absolute atomic E-state index is 0.0901. The van der Waals surface area contributed by atoms with Crippen LogP contribution in [0.5, 0.6) is 11.5 Å². The molecular formula is C18H16Cl2N2O7. The largest absolute Gasteiger partial charge is 0.497 e. The summed E-state index contributed by atoms with van der Waals surface area (Å²) in [6, 6.07) is 8.33. The zero-order valence-corrected chi connectivity index (χ0v) is 16.8. The van der Waals surface area contributed by atoms with Crippen LogP contribution in [0.15, 0.2) is 36.4 Å². The van der Waals surface area contributed by atoms with Crippen molar-refractivity contribution >= 4 is 46.5 Å². The summed E-state index contributed by atoms with van der Waals surface area (Å²) in [5, 5.41) is 14.0. The molecule has 154 valence electrons. The van der Waals surface area contributed by atoms with Crippen molar-refractivity contribution in [2.45, 2.75) is 13.0 Å². The molecule has 29 heavy (non-hydrogen) atoms. The van der Waals surface area contributed by atoms with Crippen molar-refractivity contribution in [3.63, 3.8) is 0 Å². The molecule has 0 saturated carbocycles. The summed E-state index contributed by atoms with van der Waals surface area (Å²) in [6.45, 7) is 0.743. The van der Waals surface area contributed by atoms with E-state index in [0.717, 1.165) is 0 Å². The number of nitro benzene ring substituents is 1. The van der Waals surface area contributed by atoms with Crippen molar-refractivity contribution in [1.82, 2.24) is 0 Å². The number of rotatable bonds is 8. The molecule has 11 heteroatoms. The smallest absolute Gasteiger partial charge is 0.347 e. The molecule has 2 aromatic rings. The molecule has 2 aromatic carbocycles. The van der Waals surface area contributed by atoms with Gasteiger partial charge in [0, 0.05) is 17.2 Å². The Morgan fingerprint density at radius 1 is 1.21 bits per heavy atom. The number of hydrogen-bond donors (Lipinski definition) is 1. The Balaban J connectivity index is 1.94. The number of carbonyl (C=O) groups is 2. The van der Waals surface area contributed by atoms with E-state index >= 15 is 0 Å². The lowest BCUT2D eigenvalue weighted by Gasteiger charge is -2.15. The van der Waals surface area contributed by atoms with Gasteiger partial charge in [0.1, 0.15) is 17.2 Å².